The summed E-state index contributed by atoms with van der Waals surface area (Å²) < 4.78 is 12.9. The monoisotopic (exact) mass is 333 g/mol. The molecule has 0 aliphatic rings. The standard InChI is InChI=1S/C18H20FNO2S/c1-18(22,15-7-9-16(19)10-8-15)12-20-17(21)14-5-3-13(4-6-14)11-23-2/h3-10,22H,11-12H2,1-2H3,(H,20,21). The number of amides is 1. The minimum Gasteiger partial charge on any atom is -0.384 e. The molecule has 23 heavy (non-hydrogen) atoms. The molecule has 0 aromatic heterocycles. The van der Waals surface area contributed by atoms with Crippen molar-refractivity contribution in [3.05, 3.63) is 71.0 Å². The van der Waals surface area contributed by atoms with Gasteiger partial charge in [0, 0.05) is 11.3 Å². The summed E-state index contributed by atoms with van der Waals surface area (Å²) in [6.45, 7) is 1.63. The first-order valence-corrected chi connectivity index (χ1v) is 8.66. The van der Waals surface area contributed by atoms with Gasteiger partial charge in [0.05, 0.1) is 6.54 Å². The van der Waals surface area contributed by atoms with Crippen LogP contribution >= 0.6 is 11.8 Å². The Bertz CT molecular complexity index is 654. The van der Waals surface area contributed by atoms with Gasteiger partial charge < -0.3 is 10.4 Å². The van der Waals surface area contributed by atoms with E-state index in [1.54, 1.807) is 30.8 Å². The highest BCUT2D eigenvalue weighted by molar-refractivity contribution is 7.97. The smallest absolute Gasteiger partial charge is 0.251 e. The van der Waals surface area contributed by atoms with Gasteiger partial charge in [-0.15, -0.1) is 0 Å². The summed E-state index contributed by atoms with van der Waals surface area (Å²) in [5.74, 6) is 0.295. The number of nitrogens with one attached hydrogen (secondary N) is 1. The van der Waals surface area contributed by atoms with E-state index in [-0.39, 0.29) is 18.3 Å². The zero-order valence-corrected chi connectivity index (χ0v) is 14.0. The number of carbonyl (C=O) groups excluding carboxylic acids is 1. The number of thioether (sulfide) groups is 1. The van der Waals surface area contributed by atoms with Crippen LogP contribution in [0.5, 0.6) is 0 Å². The molecule has 0 fully saturated rings. The molecule has 3 nitrogen and oxygen atoms in total. The second-order valence-electron chi connectivity index (χ2n) is 5.59. The largest absolute Gasteiger partial charge is 0.384 e. The van der Waals surface area contributed by atoms with Crippen molar-refractivity contribution in [1.29, 1.82) is 0 Å². The highest BCUT2D eigenvalue weighted by Gasteiger charge is 2.24. The first-order valence-electron chi connectivity index (χ1n) is 7.27. The molecule has 1 unspecified atom stereocenters. The maximum Gasteiger partial charge on any atom is 0.251 e. The van der Waals surface area contributed by atoms with Crippen LogP contribution in [0, 0.1) is 5.82 Å². The van der Waals surface area contributed by atoms with E-state index in [1.165, 1.54) is 24.3 Å². The Balaban J connectivity index is 1.98. The number of hydrogen-bond acceptors (Lipinski definition) is 3. The normalized spacial score (nSPS) is 13.4. The quantitative estimate of drug-likeness (QED) is 0.852. The molecular formula is C18H20FNO2S. The number of aliphatic hydroxyl groups is 1. The van der Waals surface area contributed by atoms with Crippen molar-refractivity contribution in [2.24, 2.45) is 0 Å². The summed E-state index contributed by atoms with van der Waals surface area (Å²) in [7, 11) is 0. The fourth-order valence-corrected chi connectivity index (χ4v) is 2.71. The fraction of sp³-hybridized carbons (Fsp3) is 0.278. The Morgan fingerprint density at radius 2 is 1.78 bits per heavy atom. The van der Waals surface area contributed by atoms with Crippen molar-refractivity contribution in [1.82, 2.24) is 5.32 Å². The molecule has 0 heterocycles. The van der Waals surface area contributed by atoms with Gasteiger partial charge in [-0.25, -0.2) is 4.39 Å². The van der Waals surface area contributed by atoms with Crippen molar-refractivity contribution in [2.75, 3.05) is 12.8 Å². The first kappa shape index (κ1) is 17.5. The second kappa shape index (κ2) is 7.62. The Labute approximate surface area is 139 Å². The van der Waals surface area contributed by atoms with Gasteiger partial charge in [-0.3, -0.25) is 4.79 Å². The van der Waals surface area contributed by atoms with Gasteiger partial charge in [0.25, 0.3) is 5.91 Å². The van der Waals surface area contributed by atoms with Crippen LogP contribution in [-0.4, -0.2) is 23.8 Å². The molecule has 2 N–H and O–H groups in total. The maximum absolute atomic E-state index is 12.9. The summed E-state index contributed by atoms with van der Waals surface area (Å²) in [4.78, 5) is 12.2. The van der Waals surface area contributed by atoms with Crippen molar-refractivity contribution in [3.63, 3.8) is 0 Å². The van der Waals surface area contributed by atoms with Crippen LogP contribution in [0.2, 0.25) is 0 Å². The topological polar surface area (TPSA) is 49.3 Å². The lowest BCUT2D eigenvalue weighted by Crippen LogP contribution is -2.38. The van der Waals surface area contributed by atoms with E-state index < -0.39 is 5.60 Å². The Morgan fingerprint density at radius 1 is 1.17 bits per heavy atom. The Kier molecular flexibility index (Phi) is 5.80. The molecule has 0 bridgehead atoms. The average molecular weight is 333 g/mol. The molecule has 0 aliphatic heterocycles. The molecule has 2 rings (SSSR count). The van der Waals surface area contributed by atoms with Crippen LogP contribution in [0.4, 0.5) is 4.39 Å². The van der Waals surface area contributed by atoms with E-state index >= 15 is 0 Å². The summed E-state index contributed by atoms with van der Waals surface area (Å²) in [6, 6.07) is 13.0. The fourth-order valence-electron chi connectivity index (χ4n) is 2.18. The Morgan fingerprint density at radius 3 is 2.35 bits per heavy atom. The molecule has 0 spiro atoms. The molecule has 0 radical (unpaired) electrons. The molecule has 2 aromatic carbocycles. The van der Waals surface area contributed by atoms with E-state index in [2.05, 4.69) is 5.32 Å². The highest BCUT2D eigenvalue weighted by Crippen LogP contribution is 2.20. The van der Waals surface area contributed by atoms with E-state index in [4.69, 9.17) is 0 Å². The molecular weight excluding hydrogens is 313 g/mol. The average Bonchev–Trinajstić information content (AvgIpc) is 2.54. The molecule has 0 saturated carbocycles. The summed E-state index contributed by atoms with van der Waals surface area (Å²) in [6.07, 6.45) is 2.03. The lowest BCUT2D eigenvalue weighted by molar-refractivity contribution is 0.0526. The molecule has 5 heteroatoms. The third-order valence-corrected chi connectivity index (χ3v) is 4.21. The predicted octanol–water partition coefficient (Wildman–Crippen LogP) is 3.33. The van der Waals surface area contributed by atoms with E-state index in [0.29, 0.717) is 11.1 Å². The molecule has 1 atom stereocenters. The van der Waals surface area contributed by atoms with E-state index in [9.17, 15) is 14.3 Å². The highest BCUT2D eigenvalue weighted by atomic mass is 32.2. The zero-order valence-electron chi connectivity index (χ0n) is 13.2. The van der Waals surface area contributed by atoms with Crippen molar-refractivity contribution in [3.8, 4) is 0 Å². The van der Waals surface area contributed by atoms with Gasteiger partial charge in [0.15, 0.2) is 0 Å². The molecule has 0 saturated heterocycles. The SMILES string of the molecule is CSCc1ccc(C(=O)NCC(C)(O)c2ccc(F)cc2)cc1. The van der Waals surface area contributed by atoms with Crippen LogP contribution in [0.25, 0.3) is 0 Å². The van der Waals surface area contributed by atoms with Crippen LogP contribution < -0.4 is 5.32 Å². The number of hydrogen-bond donors (Lipinski definition) is 2. The maximum atomic E-state index is 12.9. The van der Waals surface area contributed by atoms with Crippen LogP contribution in [0.15, 0.2) is 48.5 Å². The Hall–Kier alpha value is -1.85. The van der Waals surface area contributed by atoms with Crippen molar-refractivity contribution < 1.29 is 14.3 Å². The minimum atomic E-state index is -1.26. The number of benzene rings is 2. The third-order valence-electron chi connectivity index (χ3n) is 3.59. The van der Waals surface area contributed by atoms with Crippen LogP contribution in [0.3, 0.4) is 0 Å². The molecule has 0 aliphatic carbocycles. The van der Waals surface area contributed by atoms with E-state index in [0.717, 1.165) is 11.3 Å². The predicted molar refractivity (Wildman–Crippen MR) is 92.0 cm³/mol. The van der Waals surface area contributed by atoms with Crippen LogP contribution in [-0.2, 0) is 11.4 Å². The van der Waals surface area contributed by atoms with Gasteiger partial charge >= 0.3 is 0 Å². The molecule has 2 aromatic rings. The second-order valence-corrected chi connectivity index (χ2v) is 6.46. The minimum absolute atomic E-state index is 0.0457. The van der Waals surface area contributed by atoms with Gasteiger partial charge in [-0.05, 0) is 48.6 Å². The lowest BCUT2D eigenvalue weighted by atomic mass is 9.96. The van der Waals surface area contributed by atoms with Gasteiger partial charge in [0.1, 0.15) is 11.4 Å². The van der Waals surface area contributed by atoms with Crippen molar-refractivity contribution >= 4 is 17.7 Å². The van der Waals surface area contributed by atoms with Gasteiger partial charge in [-0.1, -0.05) is 24.3 Å². The van der Waals surface area contributed by atoms with Crippen molar-refractivity contribution in [2.45, 2.75) is 18.3 Å². The van der Waals surface area contributed by atoms with Crippen LogP contribution in [0.1, 0.15) is 28.4 Å². The number of carbonyl (C=O) groups is 1. The number of halogens is 1. The molecule has 122 valence electrons. The van der Waals surface area contributed by atoms with Gasteiger partial charge in [-0.2, -0.15) is 11.8 Å². The zero-order chi connectivity index (χ0) is 16.9. The third kappa shape index (κ3) is 4.81. The summed E-state index contributed by atoms with van der Waals surface area (Å²) >= 11 is 1.72. The van der Waals surface area contributed by atoms with E-state index in [1.807, 2.05) is 18.4 Å². The van der Waals surface area contributed by atoms with Gasteiger partial charge in [0.2, 0.25) is 0 Å². The number of rotatable bonds is 6. The lowest BCUT2D eigenvalue weighted by Gasteiger charge is -2.24. The summed E-state index contributed by atoms with van der Waals surface area (Å²) in [5, 5.41) is 13.2. The molecule has 1 amide bonds. The summed E-state index contributed by atoms with van der Waals surface area (Å²) in [5.41, 5.74) is 0.994. The first-order chi connectivity index (χ1) is 10.9.